The molecule has 2 rings (SSSR count). The van der Waals surface area contributed by atoms with Gasteiger partial charge in [-0.1, -0.05) is 0 Å². The Balaban J connectivity index is 2.01. The minimum atomic E-state index is -2.86. The third-order valence-electron chi connectivity index (χ3n) is 3.84. The number of nitrogens with one attached hydrogen (secondary N) is 1. The van der Waals surface area contributed by atoms with Crippen LogP contribution in [-0.4, -0.2) is 69.1 Å². The zero-order chi connectivity index (χ0) is 13.9. The van der Waals surface area contributed by atoms with Crippen LogP contribution in [0.2, 0.25) is 0 Å². The van der Waals surface area contributed by atoms with Gasteiger partial charge in [0.1, 0.15) is 15.9 Å². The van der Waals surface area contributed by atoms with Crippen molar-refractivity contribution in [3.05, 3.63) is 0 Å². The van der Waals surface area contributed by atoms with E-state index >= 15 is 0 Å². The van der Waals surface area contributed by atoms with Gasteiger partial charge in [-0.3, -0.25) is 9.69 Å². The fraction of sp³-hybridized carbons (Fsp3) is 0.917. The number of nitrogens with zero attached hydrogens (tertiary/aromatic N) is 1. The maximum Gasteiger partial charge on any atom is 0.324 e. The van der Waals surface area contributed by atoms with Crippen molar-refractivity contribution in [2.24, 2.45) is 0 Å². The van der Waals surface area contributed by atoms with Crippen molar-refractivity contribution in [2.45, 2.75) is 31.8 Å². The Labute approximate surface area is 114 Å². The van der Waals surface area contributed by atoms with Crippen molar-refractivity contribution in [3.8, 4) is 0 Å². The Morgan fingerprint density at radius 2 is 2.05 bits per heavy atom. The van der Waals surface area contributed by atoms with Crippen LogP contribution in [0.25, 0.3) is 0 Å². The van der Waals surface area contributed by atoms with Crippen molar-refractivity contribution >= 4 is 15.8 Å². The number of sulfone groups is 1. The molecular weight excluding hydrogens is 268 g/mol. The number of piperazine rings is 1. The third-order valence-corrected chi connectivity index (χ3v) is 5.55. The first-order chi connectivity index (χ1) is 9.03. The molecule has 0 saturated carbocycles. The first kappa shape index (κ1) is 14.7. The van der Waals surface area contributed by atoms with Crippen LogP contribution < -0.4 is 5.32 Å². The highest BCUT2D eigenvalue weighted by Gasteiger charge is 2.37. The van der Waals surface area contributed by atoms with Gasteiger partial charge in [0.2, 0.25) is 0 Å². The minimum Gasteiger partial charge on any atom is -0.465 e. The van der Waals surface area contributed by atoms with Crippen LogP contribution in [0.15, 0.2) is 0 Å². The monoisotopic (exact) mass is 290 g/mol. The smallest absolute Gasteiger partial charge is 0.324 e. The summed E-state index contributed by atoms with van der Waals surface area (Å²) in [6, 6.07) is -0.0977. The molecular formula is C12H22N2O4S. The fourth-order valence-electron chi connectivity index (χ4n) is 2.82. The Bertz CT molecular complexity index is 409. The normalized spacial score (nSPS) is 29.0. The number of carbonyl (C=O) groups is 1. The molecule has 0 aromatic rings. The average molecular weight is 290 g/mol. The summed E-state index contributed by atoms with van der Waals surface area (Å²) in [6.07, 6.45) is 1.25. The lowest BCUT2D eigenvalue weighted by atomic mass is 10.0. The van der Waals surface area contributed by atoms with E-state index < -0.39 is 9.84 Å². The fourth-order valence-corrected chi connectivity index (χ4v) is 4.29. The van der Waals surface area contributed by atoms with Gasteiger partial charge in [0, 0.05) is 25.7 Å². The zero-order valence-corrected chi connectivity index (χ0v) is 12.1. The van der Waals surface area contributed by atoms with E-state index in [0.717, 1.165) is 13.1 Å². The Morgan fingerprint density at radius 3 is 2.68 bits per heavy atom. The average Bonchev–Trinajstić information content (AvgIpc) is 2.39. The Kier molecular flexibility index (Phi) is 4.81. The largest absolute Gasteiger partial charge is 0.465 e. The topological polar surface area (TPSA) is 75.7 Å². The van der Waals surface area contributed by atoms with Crippen molar-refractivity contribution in [3.63, 3.8) is 0 Å². The number of hydrogen-bond donors (Lipinski definition) is 1. The Morgan fingerprint density at radius 1 is 1.37 bits per heavy atom. The summed E-state index contributed by atoms with van der Waals surface area (Å²) < 4.78 is 28.1. The summed E-state index contributed by atoms with van der Waals surface area (Å²) in [4.78, 5) is 14.1. The van der Waals surface area contributed by atoms with Gasteiger partial charge in [0.15, 0.2) is 0 Å². The molecule has 0 amide bonds. The van der Waals surface area contributed by atoms with Gasteiger partial charge >= 0.3 is 5.97 Å². The molecule has 1 N–H and O–H groups in total. The lowest BCUT2D eigenvalue weighted by molar-refractivity contribution is -0.151. The maximum atomic E-state index is 12.0. The van der Waals surface area contributed by atoms with E-state index in [1.807, 2.05) is 0 Å². The van der Waals surface area contributed by atoms with Crippen LogP contribution in [-0.2, 0) is 19.4 Å². The molecule has 2 aliphatic rings. The summed E-state index contributed by atoms with van der Waals surface area (Å²) >= 11 is 0. The summed E-state index contributed by atoms with van der Waals surface area (Å²) in [5.74, 6) is 0.261. The van der Waals surface area contributed by atoms with Gasteiger partial charge < -0.3 is 10.1 Å². The van der Waals surface area contributed by atoms with Crippen LogP contribution >= 0.6 is 0 Å². The van der Waals surface area contributed by atoms with E-state index in [4.69, 9.17) is 4.74 Å². The second-order valence-corrected chi connectivity index (χ2v) is 7.40. The molecule has 2 fully saturated rings. The van der Waals surface area contributed by atoms with Gasteiger partial charge in [0.05, 0.1) is 18.1 Å². The second-order valence-electron chi connectivity index (χ2n) is 5.09. The van der Waals surface area contributed by atoms with Crippen molar-refractivity contribution in [1.82, 2.24) is 10.2 Å². The van der Waals surface area contributed by atoms with E-state index in [1.54, 1.807) is 6.92 Å². The van der Waals surface area contributed by atoms with Crippen LogP contribution in [0.3, 0.4) is 0 Å². The first-order valence-corrected chi connectivity index (χ1v) is 8.69. The molecule has 1 unspecified atom stereocenters. The summed E-state index contributed by atoms with van der Waals surface area (Å²) in [5, 5.41) is 3.20. The molecule has 7 heteroatoms. The van der Waals surface area contributed by atoms with E-state index in [-0.39, 0.29) is 29.6 Å². The van der Waals surface area contributed by atoms with Gasteiger partial charge in [0.25, 0.3) is 0 Å². The molecule has 19 heavy (non-hydrogen) atoms. The molecule has 110 valence electrons. The maximum absolute atomic E-state index is 12.0. The molecule has 0 aromatic heterocycles. The van der Waals surface area contributed by atoms with Gasteiger partial charge in [-0.2, -0.15) is 0 Å². The minimum absolute atomic E-state index is 0.181. The highest BCUT2D eigenvalue weighted by atomic mass is 32.2. The van der Waals surface area contributed by atoms with Crippen LogP contribution in [0.1, 0.15) is 19.8 Å². The molecule has 0 aliphatic carbocycles. The Hall–Kier alpha value is -0.660. The summed E-state index contributed by atoms with van der Waals surface area (Å²) in [6.45, 7) is 4.36. The lowest BCUT2D eigenvalue weighted by Crippen LogP contribution is -2.59. The number of esters is 1. The van der Waals surface area contributed by atoms with Crippen LogP contribution in [0, 0.1) is 0 Å². The molecule has 0 aromatic carbocycles. The van der Waals surface area contributed by atoms with E-state index in [9.17, 15) is 13.2 Å². The van der Waals surface area contributed by atoms with Crippen LogP contribution in [0.4, 0.5) is 0 Å². The van der Waals surface area contributed by atoms with Gasteiger partial charge in [-0.25, -0.2) is 8.42 Å². The highest BCUT2D eigenvalue weighted by Crippen LogP contribution is 2.21. The molecule has 2 saturated heterocycles. The van der Waals surface area contributed by atoms with Crippen molar-refractivity contribution in [1.29, 1.82) is 0 Å². The molecule has 0 radical (unpaired) electrons. The number of hydrogen-bond acceptors (Lipinski definition) is 6. The van der Waals surface area contributed by atoms with Gasteiger partial charge in [-0.05, 0) is 19.8 Å². The summed E-state index contributed by atoms with van der Waals surface area (Å²) in [7, 11) is -2.86. The van der Waals surface area contributed by atoms with Crippen molar-refractivity contribution in [2.75, 3.05) is 37.7 Å². The molecule has 0 bridgehead atoms. The molecule has 2 heterocycles. The predicted octanol–water partition coefficient (Wildman–Crippen LogP) is -0.599. The zero-order valence-electron chi connectivity index (χ0n) is 11.3. The predicted molar refractivity (Wildman–Crippen MR) is 71.7 cm³/mol. The van der Waals surface area contributed by atoms with E-state index in [1.165, 1.54) is 0 Å². The SMILES string of the molecule is CCOC(=O)C1CNCCN1C1CCS(=O)(=O)CC1. The molecule has 0 spiro atoms. The number of rotatable bonds is 3. The van der Waals surface area contributed by atoms with Crippen LogP contribution in [0.5, 0.6) is 0 Å². The van der Waals surface area contributed by atoms with E-state index in [0.29, 0.717) is 26.0 Å². The molecule has 1 atom stereocenters. The number of carbonyl (C=O) groups excluding carboxylic acids is 1. The van der Waals surface area contributed by atoms with E-state index in [2.05, 4.69) is 10.2 Å². The molecule has 2 aliphatic heterocycles. The van der Waals surface area contributed by atoms with Gasteiger partial charge in [-0.15, -0.1) is 0 Å². The second kappa shape index (κ2) is 6.19. The first-order valence-electron chi connectivity index (χ1n) is 6.87. The van der Waals surface area contributed by atoms with Crippen molar-refractivity contribution < 1.29 is 17.9 Å². The quantitative estimate of drug-likeness (QED) is 0.700. The number of ether oxygens (including phenoxy) is 1. The standard InChI is InChI=1S/C12H22N2O4S/c1-2-18-12(15)11-9-13-5-6-14(11)10-3-7-19(16,17)8-4-10/h10-11,13H,2-9H2,1H3. The summed E-state index contributed by atoms with van der Waals surface area (Å²) in [5.41, 5.74) is 0. The highest BCUT2D eigenvalue weighted by molar-refractivity contribution is 7.91. The molecule has 6 nitrogen and oxygen atoms in total. The lowest BCUT2D eigenvalue weighted by Gasteiger charge is -2.41. The third kappa shape index (κ3) is 3.67.